The van der Waals surface area contributed by atoms with Gasteiger partial charge in [0.2, 0.25) is 0 Å². The Labute approximate surface area is 131 Å². The fourth-order valence-corrected chi connectivity index (χ4v) is 3.50. The van der Waals surface area contributed by atoms with Gasteiger partial charge in [0.15, 0.2) is 0 Å². The standard InChI is InChI=1S/C15H12Cl2N2S/c1-9-4-13(5-10-2-3-18-15(9)10)19-20-14-7-11(16)6-12(17)8-14/h2-8,18-19H,1H3. The van der Waals surface area contributed by atoms with Crippen LogP contribution in [-0.2, 0) is 0 Å². The number of anilines is 1. The molecule has 20 heavy (non-hydrogen) atoms. The molecule has 5 heteroatoms. The van der Waals surface area contributed by atoms with Gasteiger partial charge in [-0.2, -0.15) is 0 Å². The average Bonchev–Trinajstić information content (AvgIpc) is 2.84. The molecule has 0 aliphatic rings. The molecule has 2 nitrogen and oxygen atoms in total. The molecule has 0 radical (unpaired) electrons. The summed E-state index contributed by atoms with van der Waals surface area (Å²) in [5.74, 6) is 0. The van der Waals surface area contributed by atoms with Gasteiger partial charge in [-0.25, -0.2) is 0 Å². The van der Waals surface area contributed by atoms with Crippen LogP contribution in [0.2, 0.25) is 10.0 Å². The van der Waals surface area contributed by atoms with E-state index in [1.54, 1.807) is 6.07 Å². The van der Waals surface area contributed by atoms with Crippen molar-refractivity contribution in [3.05, 3.63) is 58.2 Å². The second kappa shape index (κ2) is 5.60. The molecule has 3 aromatic rings. The SMILES string of the molecule is Cc1cc(NSc2cc(Cl)cc(Cl)c2)cc2cc[nH]c12. The third-order valence-corrected chi connectivity index (χ3v) is 4.22. The number of rotatable bonds is 3. The van der Waals surface area contributed by atoms with Gasteiger partial charge in [-0.1, -0.05) is 23.2 Å². The molecule has 0 fully saturated rings. The van der Waals surface area contributed by atoms with E-state index in [1.807, 2.05) is 18.3 Å². The number of fused-ring (bicyclic) bond motifs is 1. The zero-order valence-electron chi connectivity index (χ0n) is 10.7. The maximum atomic E-state index is 5.99. The first-order valence-electron chi connectivity index (χ1n) is 6.08. The summed E-state index contributed by atoms with van der Waals surface area (Å²) in [6.07, 6.45) is 1.95. The molecule has 3 rings (SSSR count). The Bertz CT molecular complexity index is 747. The summed E-state index contributed by atoms with van der Waals surface area (Å²) in [6.45, 7) is 2.09. The second-order valence-electron chi connectivity index (χ2n) is 4.54. The van der Waals surface area contributed by atoms with E-state index in [4.69, 9.17) is 23.2 Å². The molecule has 0 spiro atoms. The predicted molar refractivity (Wildman–Crippen MR) is 89.0 cm³/mol. The molecule has 2 aromatic carbocycles. The number of nitrogens with one attached hydrogen (secondary N) is 2. The van der Waals surface area contributed by atoms with E-state index >= 15 is 0 Å². The summed E-state index contributed by atoms with van der Waals surface area (Å²) in [6, 6.07) is 11.8. The smallest absolute Gasteiger partial charge is 0.0485 e. The van der Waals surface area contributed by atoms with Gasteiger partial charge in [0, 0.05) is 37.7 Å². The highest BCUT2D eigenvalue weighted by molar-refractivity contribution is 8.00. The molecule has 0 saturated heterocycles. The fraction of sp³-hybridized carbons (Fsp3) is 0.0667. The van der Waals surface area contributed by atoms with E-state index in [0.717, 1.165) is 10.6 Å². The first-order valence-corrected chi connectivity index (χ1v) is 7.66. The number of aryl methyl sites for hydroxylation is 1. The van der Waals surface area contributed by atoms with E-state index in [0.29, 0.717) is 10.0 Å². The zero-order chi connectivity index (χ0) is 14.1. The third kappa shape index (κ3) is 2.90. The molecule has 0 unspecified atom stereocenters. The molecule has 0 saturated carbocycles. The van der Waals surface area contributed by atoms with Crippen molar-refractivity contribution in [2.45, 2.75) is 11.8 Å². The first kappa shape index (κ1) is 13.7. The number of hydrogen-bond donors (Lipinski definition) is 2. The minimum absolute atomic E-state index is 0.638. The maximum Gasteiger partial charge on any atom is 0.0485 e. The summed E-state index contributed by atoms with van der Waals surface area (Å²) in [7, 11) is 0. The molecule has 0 atom stereocenters. The predicted octanol–water partition coefficient (Wildman–Crippen LogP) is 5.90. The summed E-state index contributed by atoms with van der Waals surface area (Å²) in [5, 5.41) is 2.47. The van der Waals surface area contributed by atoms with Crippen molar-refractivity contribution >= 4 is 51.7 Å². The minimum Gasteiger partial charge on any atom is -0.361 e. The topological polar surface area (TPSA) is 27.8 Å². The monoisotopic (exact) mass is 322 g/mol. The summed E-state index contributed by atoms with van der Waals surface area (Å²) >= 11 is 13.5. The van der Waals surface area contributed by atoms with Crippen molar-refractivity contribution in [3.8, 4) is 0 Å². The molecule has 2 N–H and O–H groups in total. The third-order valence-electron chi connectivity index (χ3n) is 2.98. The van der Waals surface area contributed by atoms with E-state index in [1.165, 1.54) is 28.4 Å². The van der Waals surface area contributed by atoms with Crippen molar-refractivity contribution in [2.24, 2.45) is 0 Å². The van der Waals surface area contributed by atoms with Crippen molar-refractivity contribution < 1.29 is 0 Å². The van der Waals surface area contributed by atoms with Gasteiger partial charge < -0.3 is 9.71 Å². The molecule has 0 bridgehead atoms. The van der Waals surface area contributed by atoms with Crippen LogP contribution in [0.4, 0.5) is 5.69 Å². The van der Waals surface area contributed by atoms with E-state index in [9.17, 15) is 0 Å². The van der Waals surface area contributed by atoms with Gasteiger partial charge >= 0.3 is 0 Å². The lowest BCUT2D eigenvalue weighted by Gasteiger charge is -2.08. The quantitative estimate of drug-likeness (QED) is 0.587. The Morgan fingerprint density at radius 1 is 1.05 bits per heavy atom. The zero-order valence-corrected chi connectivity index (χ0v) is 13.0. The highest BCUT2D eigenvalue weighted by Gasteiger charge is 2.03. The van der Waals surface area contributed by atoms with Crippen LogP contribution in [0.5, 0.6) is 0 Å². The van der Waals surface area contributed by atoms with Crippen molar-refractivity contribution in [3.63, 3.8) is 0 Å². The lowest BCUT2D eigenvalue weighted by Crippen LogP contribution is -1.88. The maximum absolute atomic E-state index is 5.99. The van der Waals surface area contributed by atoms with Crippen LogP contribution in [0.15, 0.2) is 47.5 Å². The number of hydrogen-bond acceptors (Lipinski definition) is 2. The molecular formula is C15H12Cl2N2S. The second-order valence-corrected chi connectivity index (χ2v) is 6.30. The van der Waals surface area contributed by atoms with Crippen LogP contribution >= 0.6 is 35.1 Å². The number of halogens is 2. The van der Waals surface area contributed by atoms with E-state index in [2.05, 4.69) is 34.8 Å². The Hall–Kier alpha value is -1.29. The van der Waals surface area contributed by atoms with E-state index in [-0.39, 0.29) is 0 Å². The largest absolute Gasteiger partial charge is 0.361 e. The van der Waals surface area contributed by atoms with Crippen LogP contribution < -0.4 is 4.72 Å². The molecular weight excluding hydrogens is 311 g/mol. The highest BCUT2D eigenvalue weighted by Crippen LogP contribution is 2.29. The summed E-state index contributed by atoms with van der Waals surface area (Å²) in [4.78, 5) is 4.22. The van der Waals surface area contributed by atoms with Gasteiger partial charge in [0.05, 0.1) is 0 Å². The lowest BCUT2D eigenvalue weighted by atomic mass is 10.1. The Balaban J connectivity index is 1.82. The molecule has 1 heterocycles. The van der Waals surface area contributed by atoms with Crippen LogP contribution in [-0.4, -0.2) is 4.98 Å². The van der Waals surface area contributed by atoms with Crippen molar-refractivity contribution in [2.75, 3.05) is 4.72 Å². The summed E-state index contributed by atoms with van der Waals surface area (Å²) < 4.78 is 3.32. The van der Waals surface area contributed by atoms with Gasteiger partial charge in [0.25, 0.3) is 0 Å². The van der Waals surface area contributed by atoms with Crippen LogP contribution in [0.25, 0.3) is 10.9 Å². The number of H-pyrrole nitrogens is 1. The lowest BCUT2D eigenvalue weighted by molar-refractivity contribution is 1.42. The van der Waals surface area contributed by atoms with Gasteiger partial charge in [-0.3, -0.25) is 0 Å². The normalized spacial score (nSPS) is 10.9. The van der Waals surface area contributed by atoms with Crippen molar-refractivity contribution in [1.29, 1.82) is 0 Å². The molecule has 102 valence electrons. The number of aromatic amines is 1. The molecule has 0 aliphatic carbocycles. The number of aromatic nitrogens is 1. The Morgan fingerprint density at radius 3 is 2.55 bits per heavy atom. The average molecular weight is 323 g/mol. The van der Waals surface area contributed by atoms with Crippen LogP contribution in [0.3, 0.4) is 0 Å². The Morgan fingerprint density at radius 2 is 1.80 bits per heavy atom. The molecule has 0 amide bonds. The van der Waals surface area contributed by atoms with Crippen LogP contribution in [0, 0.1) is 6.92 Å². The highest BCUT2D eigenvalue weighted by atomic mass is 35.5. The van der Waals surface area contributed by atoms with Gasteiger partial charge in [-0.05, 0) is 60.8 Å². The molecule has 0 aliphatic heterocycles. The molecule has 1 aromatic heterocycles. The fourth-order valence-electron chi connectivity index (χ4n) is 2.12. The number of benzene rings is 2. The van der Waals surface area contributed by atoms with Crippen molar-refractivity contribution in [1.82, 2.24) is 4.98 Å². The van der Waals surface area contributed by atoms with Gasteiger partial charge in [-0.15, -0.1) is 0 Å². The summed E-state index contributed by atoms with van der Waals surface area (Å²) in [5.41, 5.74) is 3.43. The van der Waals surface area contributed by atoms with Crippen LogP contribution in [0.1, 0.15) is 5.56 Å². The van der Waals surface area contributed by atoms with Gasteiger partial charge in [0.1, 0.15) is 0 Å². The minimum atomic E-state index is 0.638. The van der Waals surface area contributed by atoms with E-state index < -0.39 is 0 Å². The first-order chi connectivity index (χ1) is 9.61. The Kier molecular flexibility index (Phi) is 3.83.